The lowest BCUT2D eigenvalue weighted by atomic mass is 10.3. The number of amides is 1. The van der Waals surface area contributed by atoms with Crippen LogP contribution in [0.25, 0.3) is 11.0 Å². The molecule has 0 saturated heterocycles. The molecule has 0 spiro atoms. The Morgan fingerprint density at radius 1 is 1.27 bits per heavy atom. The maximum absolute atomic E-state index is 11.9. The molecule has 2 heterocycles. The number of benzene rings is 1. The van der Waals surface area contributed by atoms with Gasteiger partial charge in [0, 0.05) is 19.5 Å². The van der Waals surface area contributed by atoms with Crippen molar-refractivity contribution >= 4 is 16.9 Å². The Bertz CT molecular complexity index is 817. The van der Waals surface area contributed by atoms with Crippen LogP contribution in [-0.2, 0) is 17.9 Å². The molecule has 3 rings (SSSR count). The van der Waals surface area contributed by atoms with E-state index in [4.69, 9.17) is 0 Å². The number of nitrogens with zero attached hydrogens (tertiary/aromatic N) is 4. The van der Waals surface area contributed by atoms with Crippen LogP contribution in [0, 0.1) is 0 Å². The Kier molecular flexibility index (Phi) is 3.99. The fraction of sp³-hybridized carbons (Fsp3) is 0.286. The van der Waals surface area contributed by atoms with E-state index in [1.54, 1.807) is 15.6 Å². The first-order chi connectivity index (χ1) is 10.7. The molecular formula is C14H16N6O2. The van der Waals surface area contributed by atoms with Crippen molar-refractivity contribution in [1.82, 2.24) is 29.6 Å². The van der Waals surface area contributed by atoms with Crippen LogP contribution in [0.5, 0.6) is 0 Å². The van der Waals surface area contributed by atoms with E-state index in [0.29, 0.717) is 19.6 Å². The van der Waals surface area contributed by atoms with Crippen LogP contribution in [0.4, 0.5) is 0 Å². The molecule has 0 aliphatic heterocycles. The fourth-order valence-corrected chi connectivity index (χ4v) is 2.29. The average Bonchev–Trinajstić information content (AvgIpc) is 3.12. The zero-order valence-corrected chi connectivity index (χ0v) is 11.9. The van der Waals surface area contributed by atoms with Gasteiger partial charge in [0.05, 0.1) is 17.6 Å². The Labute approximate surface area is 125 Å². The van der Waals surface area contributed by atoms with E-state index in [1.165, 1.54) is 6.33 Å². The summed E-state index contributed by atoms with van der Waals surface area (Å²) >= 11 is 0. The van der Waals surface area contributed by atoms with Gasteiger partial charge in [0.1, 0.15) is 12.7 Å². The SMILES string of the molecule is O=C(CCn1c(=O)[nH]c2ccccc21)NCCn1cncn1. The summed E-state index contributed by atoms with van der Waals surface area (Å²) in [5.74, 6) is -0.0997. The number of carbonyl (C=O) groups is 1. The van der Waals surface area contributed by atoms with Gasteiger partial charge in [-0.2, -0.15) is 5.10 Å². The van der Waals surface area contributed by atoms with Crippen molar-refractivity contribution in [3.8, 4) is 0 Å². The Morgan fingerprint density at radius 2 is 2.14 bits per heavy atom. The molecule has 2 aromatic heterocycles. The van der Waals surface area contributed by atoms with Crippen molar-refractivity contribution in [3.05, 3.63) is 47.4 Å². The largest absolute Gasteiger partial charge is 0.354 e. The quantitative estimate of drug-likeness (QED) is 0.676. The standard InChI is InChI=1S/C14H16N6O2/c21-13(16-6-8-19-10-15-9-17-19)5-7-20-12-4-2-1-3-11(12)18-14(20)22/h1-4,9-10H,5-8H2,(H,16,21)(H,18,22). The number of aromatic amines is 1. The summed E-state index contributed by atoms with van der Waals surface area (Å²) in [6, 6.07) is 7.42. The number of hydrogen-bond acceptors (Lipinski definition) is 4. The van der Waals surface area contributed by atoms with Crippen molar-refractivity contribution in [1.29, 1.82) is 0 Å². The van der Waals surface area contributed by atoms with E-state index in [2.05, 4.69) is 20.4 Å². The summed E-state index contributed by atoms with van der Waals surface area (Å²) in [7, 11) is 0. The number of aromatic nitrogens is 5. The molecule has 0 radical (unpaired) electrons. The number of para-hydroxylation sites is 2. The van der Waals surface area contributed by atoms with Crippen LogP contribution in [0.1, 0.15) is 6.42 Å². The molecule has 3 aromatic rings. The van der Waals surface area contributed by atoms with Crippen molar-refractivity contribution in [3.63, 3.8) is 0 Å². The third kappa shape index (κ3) is 3.05. The molecule has 114 valence electrons. The average molecular weight is 300 g/mol. The van der Waals surface area contributed by atoms with Gasteiger partial charge < -0.3 is 10.3 Å². The molecule has 0 unspecified atom stereocenters. The molecule has 2 N–H and O–H groups in total. The lowest BCUT2D eigenvalue weighted by Gasteiger charge is -2.06. The molecule has 0 aliphatic carbocycles. The topological polar surface area (TPSA) is 97.6 Å². The lowest BCUT2D eigenvalue weighted by molar-refractivity contribution is -0.121. The first-order valence-electron chi connectivity index (χ1n) is 7.01. The number of rotatable bonds is 6. The van der Waals surface area contributed by atoms with Crippen LogP contribution in [0.3, 0.4) is 0 Å². The highest BCUT2D eigenvalue weighted by atomic mass is 16.2. The van der Waals surface area contributed by atoms with Crippen molar-refractivity contribution in [2.45, 2.75) is 19.5 Å². The molecule has 0 fully saturated rings. The van der Waals surface area contributed by atoms with E-state index in [9.17, 15) is 9.59 Å². The van der Waals surface area contributed by atoms with Crippen LogP contribution in [-0.4, -0.2) is 36.8 Å². The highest BCUT2D eigenvalue weighted by Crippen LogP contribution is 2.09. The van der Waals surface area contributed by atoms with Gasteiger partial charge in [-0.3, -0.25) is 14.0 Å². The smallest absolute Gasteiger partial charge is 0.326 e. The highest BCUT2D eigenvalue weighted by Gasteiger charge is 2.08. The minimum Gasteiger partial charge on any atom is -0.354 e. The van der Waals surface area contributed by atoms with Crippen molar-refractivity contribution in [2.24, 2.45) is 0 Å². The molecule has 8 heteroatoms. The van der Waals surface area contributed by atoms with Crippen molar-refractivity contribution < 1.29 is 4.79 Å². The molecule has 0 aliphatic rings. The lowest BCUT2D eigenvalue weighted by Crippen LogP contribution is -2.29. The summed E-state index contributed by atoms with van der Waals surface area (Å²) < 4.78 is 3.22. The number of H-pyrrole nitrogens is 1. The predicted molar refractivity (Wildman–Crippen MR) is 80.2 cm³/mol. The summed E-state index contributed by atoms with van der Waals surface area (Å²) in [5.41, 5.74) is 1.39. The van der Waals surface area contributed by atoms with E-state index >= 15 is 0 Å². The van der Waals surface area contributed by atoms with Crippen LogP contribution in [0.15, 0.2) is 41.7 Å². The maximum Gasteiger partial charge on any atom is 0.326 e. The zero-order chi connectivity index (χ0) is 15.4. The van der Waals surface area contributed by atoms with Crippen LogP contribution < -0.4 is 11.0 Å². The number of imidazole rings is 1. The molecular weight excluding hydrogens is 284 g/mol. The first kappa shape index (κ1) is 14.1. The van der Waals surface area contributed by atoms with E-state index < -0.39 is 0 Å². The minimum atomic E-state index is -0.198. The van der Waals surface area contributed by atoms with Gasteiger partial charge in [-0.1, -0.05) is 12.1 Å². The van der Waals surface area contributed by atoms with E-state index in [0.717, 1.165) is 11.0 Å². The normalized spacial score (nSPS) is 10.9. The van der Waals surface area contributed by atoms with E-state index in [-0.39, 0.29) is 18.0 Å². The van der Waals surface area contributed by atoms with Crippen molar-refractivity contribution in [2.75, 3.05) is 6.54 Å². The monoisotopic (exact) mass is 300 g/mol. The number of hydrogen-bond donors (Lipinski definition) is 2. The zero-order valence-electron chi connectivity index (χ0n) is 11.9. The summed E-state index contributed by atoms with van der Waals surface area (Å²) in [6.07, 6.45) is 3.29. The Hall–Kier alpha value is -2.90. The Balaban J connectivity index is 1.54. The van der Waals surface area contributed by atoms with Gasteiger partial charge >= 0.3 is 5.69 Å². The molecule has 0 bridgehead atoms. The Morgan fingerprint density at radius 3 is 2.95 bits per heavy atom. The number of nitrogens with one attached hydrogen (secondary N) is 2. The maximum atomic E-state index is 11.9. The number of carbonyl (C=O) groups excluding carboxylic acids is 1. The van der Waals surface area contributed by atoms with Crippen LogP contribution >= 0.6 is 0 Å². The fourth-order valence-electron chi connectivity index (χ4n) is 2.29. The first-order valence-corrected chi connectivity index (χ1v) is 7.01. The third-order valence-electron chi connectivity index (χ3n) is 3.37. The van der Waals surface area contributed by atoms with Gasteiger partial charge in [0.25, 0.3) is 0 Å². The number of fused-ring (bicyclic) bond motifs is 1. The van der Waals surface area contributed by atoms with Crippen LogP contribution in [0.2, 0.25) is 0 Å². The molecule has 0 saturated carbocycles. The van der Waals surface area contributed by atoms with Gasteiger partial charge in [0.2, 0.25) is 5.91 Å². The second-order valence-corrected chi connectivity index (χ2v) is 4.86. The summed E-state index contributed by atoms with van der Waals surface area (Å²) in [4.78, 5) is 30.3. The molecule has 22 heavy (non-hydrogen) atoms. The molecule has 1 aromatic carbocycles. The third-order valence-corrected chi connectivity index (χ3v) is 3.37. The minimum absolute atomic E-state index is 0.0997. The van der Waals surface area contributed by atoms with E-state index in [1.807, 2.05) is 24.3 Å². The van der Waals surface area contributed by atoms with Gasteiger partial charge in [0.15, 0.2) is 0 Å². The highest BCUT2D eigenvalue weighted by molar-refractivity contribution is 5.77. The van der Waals surface area contributed by atoms with Gasteiger partial charge in [-0.05, 0) is 12.1 Å². The molecule has 8 nitrogen and oxygen atoms in total. The molecule has 1 amide bonds. The van der Waals surface area contributed by atoms with Gasteiger partial charge in [-0.15, -0.1) is 0 Å². The second-order valence-electron chi connectivity index (χ2n) is 4.86. The number of aryl methyl sites for hydroxylation is 1. The predicted octanol–water partition coefficient (Wildman–Crippen LogP) is 0.128. The van der Waals surface area contributed by atoms with Gasteiger partial charge in [-0.25, -0.2) is 9.78 Å². The summed E-state index contributed by atoms with van der Waals surface area (Å²) in [5, 5.41) is 6.75. The molecule has 0 atom stereocenters. The second kappa shape index (κ2) is 6.25. The summed E-state index contributed by atoms with van der Waals surface area (Å²) in [6.45, 7) is 1.39.